The van der Waals surface area contributed by atoms with Crippen molar-refractivity contribution in [3.05, 3.63) is 6.92 Å². The van der Waals surface area contributed by atoms with Crippen LogP contribution in [0, 0.1) is 6.92 Å². The summed E-state index contributed by atoms with van der Waals surface area (Å²) in [6.07, 6.45) is 0. The van der Waals surface area contributed by atoms with Crippen LogP contribution in [0.5, 0.6) is 0 Å². The zero-order valence-corrected chi connectivity index (χ0v) is 3.02. The summed E-state index contributed by atoms with van der Waals surface area (Å²) in [7, 11) is 0. The van der Waals surface area contributed by atoms with Crippen LogP contribution in [0.1, 0.15) is 0 Å². The topological polar surface area (TPSA) is 40.1 Å². The van der Waals surface area contributed by atoms with Crippen molar-refractivity contribution in [2.75, 3.05) is 0 Å². The van der Waals surface area contributed by atoms with E-state index in [9.17, 15) is 0 Å². The minimum atomic E-state index is -1.33. The van der Waals surface area contributed by atoms with Crippen LogP contribution in [0.4, 0.5) is 0 Å². The van der Waals surface area contributed by atoms with Crippen LogP contribution in [0.2, 0.25) is 0 Å². The van der Waals surface area contributed by atoms with Crippen LogP contribution >= 0.6 is 0 Å². The number of carboxylic acid groups (broad SMARTS) is 1. The summed E-state index contributed by atoms with van der Waals surface area (Å²) in [5, 5.41) is 8.78. The molecule has 0 aliphatic carbocycles. The first-order valence-electron chi connectivity index (χ1n) is 0.762. The second-order valence-corrected chi connectivity index (χ2v) is 0.372. The van der Waals surface area contributed by atoms with E-state index < -0.39 is 5.97 Å². The first-order valence-corrected chi connectivity index (χ1v) is 0.762. The molecule has 1 radical (unpaired) electrons. The zero-order chi connectivity index (χ0) is 3.58. The van der Waals surface area contributed by atoms with Crippen LogP contribution in [0.3, 0.4) is 0 Å². The minimum absolute atomic E-state index is 0. The summed E-state index contributed by atoms with van der Waals surface area (Å²) in [4.78, 5) is 8.78. The van der Waals surface area contributed by atoms with Gasteiger partial charge < -0.3 is 9.90 Å². The normalized spacial score (nSPS) is 5.00. The van der Waals surface area contributed by atoms with Gasteiger partial charge in [-0.3, -0.25) is 0 Å². The minimum Gasteiger partial charge on any atom is -0.550 e. The fourth-order valence-electron chi connectivity index (χ4n) is 0. The Morgan fingerprint density at radius 3 is 1.80 bits per heavy atom. The SMILES string of the molecule is [CH2]C(=O)[O-].[Li+]. The summed E-state index contributed by atoms with van der Waals surface area (Å²) < 4.78 is 0. The molecule has 0 N–H and O–H groups in total. The van der Waals surface area contributed by atoms with E-state index in [1.165, 1.54) is 0 Å². The van der Waals surface area contributed by atoms with Crippen molar-refractivity contribution in [1.82, 2.24) is 0 Å². The molecular formula is C2H2LiO2. The van der Waals surface area contributed by atoms with Gasteiger partial charge in [0, 0.05) is 5.97 Å². The van der Waals surface area contributed by atoms with Crippen molar-refractivity contribution in [2.45, 2.75) is 0 Å². The molecule has 0 unspecified atom stereocenters. The van der Waals surface area contributed by atoms with Gasteiger partial charge in [-0.05, 0) is 6.92 Å². The standard InChI is InChI=1S/C2H3O2.Li/c1-2(3)4;/h1H2,(H,3,4);/q;+1/p-1. The molecule has 0 spiro atoms. The predicted molar refractivity (Wildman–Crippen MR) is 10.4 cm³/mol. The average molecular weight is 65.0 g/mol. The molecule has 23 valence electrons. The van der Waals surface area contributed by atoms with Crippen molar-refractivity contribution >= 4 is 5.97 Å². The van der Waals surface area contributed by atoms with E-state index in [1.807, 2.05) is 0 Å². The van der Waals surface area contributed by atoms with Gasteiger partial charge in [-0.1, -0.05) is 0 Å². The van der Waals surface area contributed by atoms with Gasteiger partial charge in [-0.15, -0.1) is 0 Å². The van der Waals surface area contributed by atoms with Gasteiger partial charge in [-0.2, -0.15) is 0 Å². The largest absolute Gasteiger partial charge is 1.00 e. The maximum atomic E-state index is 8.78. The van der Waals surface area contributed by atoms with Gasteiger partial charge in [0.1, 0.15) is 0 Å². The molecule has 0 fully saturated rings. The smallest absolute Gasteiger partial charge is 0.550 e. The molecule has 0 aliphatic rings. The molecule has 0 aromatic heterocycles. The Hall–Kier alpha value is 0.0674. The molecule has 2 nitrogen and oxygen atoms in total. The third-order valence-electron chi connectivity index (χ3n) is 0. The number of rotatable bonds is 0. The fraction of sp³-hybridized carbons (Fsp3) is 0. The van der Waals surface area contributed by atoms with E-state index in [4.69, 9.17) is 9.90 Å². The maximum Gasteiger partial charge on any atom is 1.00 e. The van der Waals surface area contributed by atoms with E-state index in [1.54, 1.807) is 0 Å². The molecular weight excluding hydrogens is 63.0 g/mol. The summed E-state index contributed by atoms with van der Waals surface area (Å²) >= 11 is 0. The van der Waals surface area contributed by atoms with Crippen LogP contribution in [-0.2, 0) is 4.79 Å². The monoisotopic (exact) mass is 65.0 g/mol. The van der Waals surface area contributed by atoms with Crippen molar-refractivity contribution in [3.63, 3.8) is 0 Å². The number of hydrogen-bond donors (Lipinski definition) is 0. The van der Waals surface area contributed by atoms with Gasteiger partial charge in [0.15, 0.2) is 0 Å². The first kappa shape index (κ1) is 8.91. The second kappa shape index (κ2) is 4.07. The fourth-order valence-corrected chi connectivity index (χ4v) is 0. The van der Waals surface area contributed by atoms with E-state index in [0.29, 0.717) is 0 Å². The van der Waals surface area contributed by atoms with Crippen molar-refractivity contribution in [3.8, 4) is 0 Å². The Morgan fingerprint density at radius 2 is 1.80 bits per heavy atom. The van der Waals surface area contributed by atoms with Crippen molar-refractivity contribution < 1.29 is 28.8 Å². The van der Waals surface area contributed by atoms with E-state index in [0.717, 1.165) is 0 Å². The average Bonchev–Trinajstić information content (AvgIpc) is 0.811. The van der Waals surface area contributed by atoms with Gasteiger partial charge in [-0.25, -0.2) is 0 Å². The second-order valence-electron chi connectivity index (χ2n) is 0.372. The van der Waals surface area contributed by atoms with Gasteiger partial charge in [0.2, 0.25) is 0 Å². The molecule has 0 atom stereocenters. The van der Waals surface area contributed by atoms with Crippen molar-refractivity contribution in [2.24, 2.45) is 0 Å². The number of aliphatic carboxylic acids is 1. The van der Waals surface area contributed by atoms with Crippen LogP contribution in [-0.4, -0.2) is 5.97 Å². The molecule has 0 heterocycles. The first-order chi connectivity index (χ1) is 1.73. The summed E-state index contributed by atoms with van der Waals surface area (Å²) in [6.45, 7) is 2.44. The van der Waals surface area contributed by atoms with E-state index in [-0.39, 0.29) is 18.9 Å². The molecule has 0 aromatic rings. The van der Waals surface area contributed by atoms with Gasteiger partial charge in [0.25, 0.3) is 0 Å². The van der Waals surface area contributed by atoms with Crippen LogP contribution in [0.25, 0.3) is 0 Å². The molecule has 0 bridgehead atoms. The van der Waals surface area contributed by atoms with Crippen LogP contribution < -0.4 is 24.0 Å². The molecule has 5 heavy (non-hydrogen) atoms. The van der Waals surface area contributed by atoms with E-state index >= 15 is 0 Å². The number of carboxylic acids is 1. The Balaban J connectivity index is 0. The Morgan fingerprint density at radius 1 is 1.80 bits per heavy atom. The molecule has 0 amide bonds. The molecule has 0 saturated carbocycles. The Bertz CT molecular complexity index is 30.6. The number of carbonyl (C=O) groups is 1. The summed E-state index contributed by atoms with van der Waals surface area (Å²) in [6, 6.07) is 0. The molecule has 0 saturated heterocycles. The Labute approximate surface area is 42.4 Å². The summed E-state index contributed by atoms with van der Waals surface area (Å²) in [5.74, 6) is -1.33. The number of carbonyl (C=O) groups excluding carboxylic acids is 1. The van der Waals surface area contributed by atoms with Crippen LogP contribution in [0.15, 0.2) is 0 Å². The molecule has 0 aliphatic heterocycles. The van der Waals surface area contributed by atoms with E-state index in [2.05, 4.69) is 6.92 Å². The van der Waals surface area contributed by atoms with Gasteiger partial charge in [0.05, 0.1) is 0 Å². The molecule has 0 aromatic carbocycles. The zero-order valence-electron chi connectivity index (χ0n) is 3.02. The maximum absolute atomic E-state index is 8.78. The van der Waals surface area contributed by atoms with Crippen molar-refractivity contribution in [1.29, 1.82) is 0 Å². The third-order valence-corrected chi connectivity index (χ3v) is 0. The summed E-state index contributed by atoms with van der Waals surface area (Å²) in [5.41, 5.74) is 0. The molecule has 3 heteroatoms. The quantitative estimate of drug-likeness (QED) is 0.267. The predicted octanol–water partition coefficient (Wildman–Crippen LogP) is -4.43. The van der Waals surface area contributed by atoms with Gasteiger partial charge >= 0.3 is 18.9 Å². The third kappa shape index (κ3) is 3830. The Kier molecular flexibility index (Phi) is 7.25. The number of hydrogen-bond acceptors (Lipinski definition) is 2. The molecule has 0 rings (SSSR count).